The molecule has 0 radical (unpaired) electrons. The molecule has 0 bridgehead atoms. The number of aliphatic hydroxyl groups is 1. The van der Waals surface area contributed by atoms with E-state index in [1.807, 2.05) is 37.8 Å². The third-order valence-electron chi connectivity index (χ3n) is 9.15. The third-order valence-corrected chi connectivity index (χ3v) is 9.15. The van der Waals surface area contributed by atoms with Crippen molar-refractivity contribution >= 4 is 17.8 Å². The van der Waals surface area contributed by atoms with Crippen LogP contribution in [0.3, 0.4) is 0 Å². The highest BCUT2D eigenvalue weighted by molar-refractivity contribution is 5.82. The molecule has 3 N–H and O–H groups in total. The molecule has 4 rings (SSSR count). The smallest absolute Gasteiger partial charge is 0.306 e. The van der Waals surface area contributed by atoms with Crippen molar-refractivity contribution in [1.29, 1.82) is 0 Å². The van der Waals surface area contributed by atoms with Gasteiger partial charge >= 0.3 is 11.9 Å². The molecule has 12 heteroatoms. The van der Waals surface area contributed by atoms with Crippen LogP contribution >= 0.6 is 0 Å². The summed E-state index contributed by atoms with van der Waals surface area (Å²) in [6, 6.07) is 3.60. The number of carbonyl (C=O) groups excluding carboxylic acids is 1. The van der Waals surface area contributed by atoms with E-state index in [4.69, 9.17) is 24.1 Å². The molecule has 4 atom stereocenters. The van der Waals surface area contributed by atoms with E-state index in [2.05, 4.69) is 0 Å². The van der Waals surface area contributed by atoms with Crippen molar-refractivity contribution < 1.29 is 48.7 Å². The fraction of sp³-hybridized carbons (Fsp3) is 0.559. The highest BCUT2D eigenvalue weighted by Crippen LogP contribution is 2.48. The van der Waals surface area contributed by atoms with E-state index in [-0.39, 0.29) is 24.8 Å². The van der Waals surface area contributed by atoms with Crippen molar-refractivity contribution in [3.63, 3.8) is 0 Å². The number of benzene rings is 2. The lowest BCUT2D eigenvalue weighted by atomic mass is 9.94. The normalized spacial score (nSPS) is 17.6. The summed E-state index contributed by atoms with van der Waals surface area (Å²) in [5, 5.41) is 29.4. The number of hydrogen-bond acceptors (Lipinski definition) is 9. The average molecular weight is 643 g/mol. The van der Waals surface area contributed by atoms with E-state index in [0.29, 0.717) is 62.3 Å². The fourth-order valence-electron chi connectivity index (χ4n) is 6.37. The van der Waals surface area contributed by atoms with E-state index in [1.54, 1.807) is 26.0 Å². The maximum Gasteiger partial charge on any atom is 0.306 e. The minimum atomic E-state index is -0.994. The molecule has 0 fully saturated rings. The Morgan fingerprint density at radius 3 is 2.07 bits per heavy atom. The number of ether oxygens (including phenoxy) is 4. The van der Waals surface area contributed by atoms with Gasteiger partial charge < -0.3 is 39.2 Å². The maximum absolute atomic E-state index is 12.7. The second kappa shape index (κ2) is 14.6. The molecular weight excluding hydrogens is 596 g/mol. The largest absolute Gasteiger partial charge is 0.493 e. The first-order valence-corrected chi connectivity index (χ1v) is 15.6. The zero-order chi connectivity index (χ0) is 33.9. The number of methoxy groups -OCH3 is 2. The molecule has 2 unspecified atom stereocenters. The molecule has 2 aliphatic heterocycles. The minimum Gasteiger partial charge on any atom is -0.493 e. The van der Waals surface area contributed by atoms with Crippen molar-refractivity contribution in [3.8, 4) is 23.0 Å². The summed E-state index contributed by atoms with van der Waals surface area (Å²) in [6.07, 6.45) is -0.267. The topological polar surface area (TPSA) is 155 Å². The molecule has 0 spiro atoms. The highest BCUT2D eigenvalue weighted by Gasteiger charge is 2.37. The van der Waals surface area contributed by atoms with Gasteiger partial charge in [0.15, 0.2) is 23.0 Å². The zero-order valence-corrected chi connectivity index (χ0v) is 27.7. The molecule has 2 aliphatic rings. The number of fused-ring (bicyclic) bond motifs is 2. The number of amides is 1. The van der Waals surface area contributed by atoms with Gasteiger partial charge in [0.2, 0.25) is 5.91 Å². The van der Waals surface area contributed by atoms with Gasteiger partial charge in [0.1, 0.15) is 6.23 Å². The van der Waals surface area contributed by atoms with Crippen LogP contribution in [-0.4, -0.2) is 76.6 Å². The van der Waals surface area contributed by atoms with Gasteiger partial charge in [-0.1, -0.05) is 13.8 Å². The standard InChI is InChI=1S/C34H46N2O10/c1-18(33(39)40)11-28(37)35-15-23-13-26(43-6)27(14-24(23)16-35)45-9-8-10-46-32-21(4)30-22(5)36(29(38)12-19(2)34(41)42)17-25(30)20(3)31(32)44-7/h13-14,18-19,22,29,38H,8-12,15-17H2,1-7H3,(H,39,40)(H,41,42)/t18-,19-,22?,29?/m0/s1. The summed E-state index contributed by atoms with van der Waals surface area (Å²) < 4.78 is 23.7. The third kappa shape index (κ3) is 7.18. The molecule has 1 amide bonds. The number of aliphatic hydroxyl groups excluding tert-OH is 1. The fourth-order valence-corrected chi connectivity index (χ4v) is 6.37. The second-order valence-corrected chi connectivity index (χ2v) is 12.3. The number of aliphatic carboxylic acids is 2. The average Bonchev–Trinajstić information content (AvgIpc) is 3.59. The van der Waals surface area contributed by atoms with E-state index < -0.39 is 30.0 Å². The minimum absolute atomic E-state index is 0.0526. The Hall–Kier alpha value is -4.03. The summed E-state index contributed by atoms with van der Waals surface area (Å²) in [7, 11) is 3.16. The summed E-state index contributed by atoms with van der Waals surface area (Å²) in [4.78, 5) is 38.8. The molecule has 2 aromatic carbocycles. The number of nitrogens with zero attached hydrogens (tertiary/aromatic N) is 2. The maximum atomic E-state index is 12.7. The molecular formula is C34H46N2O10. The van der Waals surface area contributed by atoms with Crippen molar-refractivity contribution in [3.05, 3.63) is 45.5 Å². The Balaban J connectivity index is 1.39. The van der Waals surface area contributed by atoms with Crippen LogP contribution in [-0.2, 0) is 34.0 Å². The first-order valence-electron chi connectivity index (χ1n) is 15.6. The van der Waals surface area contributed by atoms with Crippen LogP contribution in [0.1, 0.15) is 79.5 Å². The summed E-state index contributed by atoms with van der Waals surface area (Å²) in [5.74, 6) is -1.17. The van der Waals surface area contributed by atoms with Gasteiger partial charge in [-0.25, -0.2) is 0 Å². The SMILES string of the molecule is COc1cc2c(cc1OCCCOc1c(C)c3c(c(C)c1OC)CN(C(O)C[C@H](C)C(=O)O)C3C)CN(C(=O)C[C@H](C)C(=O)O)C2. The Morgan fingerprint density at radius 2 is 1.48 bits per heavy atom. The van der Waals surface area contributed by atoms with E-state index >= 15 is 0 Å². The number of carboxylic acid groups (broad SMARTS) is 2. The van der Waals surface area contributed by atoms with Crippen LogP contribution in [0.15, 0.2) is 12.1 Å². The summed E-state index contributed by atoms with van der Waals surface area (Å²) in [5.41, 5.74) is 5.83. The van der Waals surface area contributed by atoms with Gasteiger partial charge in [0.25, 0.3) is 0 Å². The number of rotatable bonds is 15. The van der Waals surface area contributed by atoms with Crippen molar-refractivity contribution in [2.45, 2.75) is 85.8 Å². The molecule has 0 saturated carbocycles. The monoisotopic (exact) mass is 642 g/mol. The van der Waals surface area contributed by atoms with Gasteiger partial charge in [-0.3, -0.25) is 19.3 Å². The quantitative estimate of drug-likeness (QED) is 0.236. The summed E-state index contributed by atoms with van der Waals surface area (Å²) in [6.45, 7) is 11.0. The van der Waals surface area contributed by atoms with Crippen LogP contribution in [0.25, 0.3) is 0 Å². The Bertz CT molecular complexity index is 1470. The second-order valence-electron chi connectivity index (χ2n) is 12.3. The zero-order valence-electron chi connectivity index (χ0n) is 27.7. The van der Waals surface area contributed by atoms with Crippen LogP contribution in [0.5, 0.6) is 23.0 Å². The number of carboxylic acids is 2. The van der Waals surface area contributed by atoms with Crippen molar-refractivity contribution in [2.24, 2.45) is 11.8 Å². The predicted octanol–water partition coefficient (Wildman–Crippen LogP) is 4.43. The molecule has 2 aromatic rings. The highest BCUT2D eigenvalue weighted by atomic mass is 16.5. The Labute approximate surface area is 269 Å². The molecule has 0 aliphatic carbocycles. The molecule has 0 aromatic heterocycles. The molecule has 2 heterocycles. The molecule has 0 saturated heterocycles. The lowest BCUT2D eigenvalue weighted by Crippen LogP contribution is -2.35. The van der Waals surface area contributed by atoms with Gasteiger partial charge in [-0.2, -0.15) is 0 Å². The van der Waals surface area contributed by atoms with E-state index in [1.165, 1.54) is 6.92 Å². The van der Waals surface area contributed by atoms with Crippen molar-refractivity contribution in [1.82, 2.24) is 9.80 Å². The first kappa shape index (κ1) is 34.8. The van der Waals surface area contributed by atoms with Crippen molar-refractivity contribution in [2.75, 3.05) is 27.4 Å². The lowest BCUT2D eigenvalue weighted by molar-refractivity contribution is -0.145. The van der Waals surface area contributed by atoms with Gasteiger partial charge in [-0.15, -0.1) is 0 Å². The number of carbonyl (C=O) groups is 3. The van der Waals surface area contributed by atoms with Crippen LogP contribution in [0.2, 0.25) is 0 Å². The van der Waals surface area contributed by atoms with Gasteiger partial charge in [-0.05, 0) is 67.1 Å². The Kier molecular flexibility index (Phi) is 11.1. The number of hydrogen-bond donors (Lipinski definition) is 3. The van der Waals surface area contributed by atoms with Crippen LogP contribution in [0.4, 0.5) is 0 Å². The molecule has 12 nitrogen and oxygen atoms in total. The molecule has 46 heavy (non-hydrogen) atoms. The van der Waals surface area contributed by atoms with Crippen LogP contribution < -0.4 is 18.9 Å². The van der Waals surface area contributed by atoms with Gasteiger partial charge in [0.05, 0.1) is 39.3 Å². The summed E-state index contributed by atoms with van der Waals surface area (Å²) >= 11 is 0. The molecule has 252 valence electrons. The first-order chi connectivity index (χ1) is 21.8. The van der Waals surface area contributed by atoms with E-state index in [0.717, 1.165) is 33.4 Å². The Morgan fingerprint density at radius 1 is 0.870 bits per heavy atom. The van der Waals surface area contributed by atoms with Gasteiger partial charge in [0, 0.05) is 44.1 Å². The van der Waals surface area contributed by atoms with E-state index in [9.17, 15) is 24.6 Å². The van der Waals surface area contributed by atoms with Crippen LogP contribution in [0, 0.1) is 25.7 Å². The predicted molar refractivity (Wildman–Crippen MR) is 168 cm³/mol. The lowest BCUT2D eigenvalue weighted by Gasteiger charge is -2.29.